The minimum absolute atomic E-state index is 0.0328. The zero-order chi connectivity index (χ0) is 28.3. The van der Waals surface area contributed by atoms with Crippen LogP contribution in [0.25, 0.3) is 11.1 Å². The highest BCUT2D eigenvalue weighted by atomic mass is 16.5. The summed E-state index contributed by atoms with van der Waals surface area (Å²) in [7, 11) is 0. The van der Waals surface area contributed by atoms with Crippen molar-refractivity contribution in [2.45, 2.75) is 65.5 Å². The number of primary amides is 1. The zero-order valence-corrected chi connectivity index (χ0v) is 23.1. The molecular formula is C30H35N5O4. The standard InChI is InChI=1S/C30H35N5O4/c1-6-23(34(17-16-24(31)36)28(37)21-12-14-22(15-13-21)30(3,4)5)26-32-27-25(19(2)33-39-27)29(38)35(26)18-20-10-8-7-9-11-20/h7-15,23H,6,16-18H2,1-5H3,(H2,31,36). The molecule has 0 aliphatic carbocycles. The number of rotatable bonds is 9. The molecule has 0 aliphatic heterocycles. The summed E-state index contributed by atoms with van der Waals surface area (Å²) in [6, 6.07) is 16.4. The molecule has 204 valence electrons. The largest absolute Gasteiger partial charge is 0.370 e. The number of nitrogens with two attached hydrogens (primary N) is 1. The van der Waals surface area contributed by atoms with E-state index in [2.05, 4.69) is 25.9 Å². The van der Waals surface area contributed by atoms with E-state index < -0.39 is 11.9 Å². The third-order valence-corrected chi connectivity index (χ3v) is 6.90. The summed E-state index contributed by atoms with van der Waals surface area (Å²) in [6.45, 7) is 10.2. The Bertz CT molecular complexity index is 1530. The summed E-state index contributed by atoms with van der Waals surface area (Å²) in [5.74, 6) is -0.446. The summed E-state index contributed by atoms with van der Waals surface area (Å²) in [5, 5.41) is 4.26. The molecule has 9 nitrogen and oxygen atoms in total. The lowest BCUT2D eigenvalue weighted by Gasteiger charge is -2.32. The number of aromatic nitrogens is 3. The van der Waals surface area contributed by atoms with Crippen LogP contribution in [-0.4, -0.2) is 38.0 Å². The lowest BCUT2D eigenvalue weighted by molar-refractivity contribution is -0.118. The molecule has 0 spiro atoms. The van der Waals surface area contributed by atoms with Gasteiger partial charge in [0, 0.05) is 18.5 Å². The zero-order valence-electron chi connectivity index (χ0n) is 23.1. The van der Waals surface area contributed by atoms with Gasteiger partial charge in [0.05, 0.1) is 18.3 Å². The van der Waals surface area contributed by atoms with E-state index in [0.717, 1.165) is 11.1 Å². The first-order valence-electron chi connectivity index (χ1n) is 13.1. The predicted molar refractivity (Wildman–Crippen MR) is 149 cm³/mol. The minimum Gasteiger partial charge on any atom is -0.370 e. The number of carbonyl (C=O) groups excluding carboxylic acids is 2. The van der Waals surface area contributed by atoms with Crippen molar-refractivity contribution < 1.29 is 14.1 Å². The van der Waals surface area contributed by atoms with Crippen LogP contribution in [0.15, 0.2) is 63.9 Å². The summed E-state index contributed by atoms with van der Waals surface area (Å²) in [5.41, 5.74) is 8.16. The Balaban J connectivity index is 1.85. The van der Waals surface area contributed by atoms with Gasteiger partial charge in [-0.1, -0.05) is 75.3 Å². The van der Waals surface area contributed by atoms with Crippen molar-refractivity contribution in [3.63, 3.8) is 0 Å². The lowest BCUT2D eigenvalue weighted by Crippen LogP contribution is -2.40. The fourth-order valence-corrected chi connectivity index (χ4v) is 4.71. The van der Waals surface area contributed by atoms with Crippen LogP contribution in [0.2, 0.25) is 0 Å². The van der Waals surface area contributed by atoms with Crippen molar-refractivity contribution in [3.8, 4) is 0 Å². The Morgan fingerprint density at radius 1 is 1.08 bits per heavy atom. The monoisotopic (exact) mass is 529 g/mol. The quantitative estimate of drug-likeness (QED) is 0.340. The van der Waals surface area contributed by atoms with Crippen molar-refractivity contribution in [3.05, 3.63) is 93.2 Å². The van der Waals surface area contributed by atoms with Gasteiger partial charge < -0.3 is 15.2 Å². The summed E-state index contributed by atoms with van der Waals surface area (Å²) in [4.78, 5) is 45.8. The highest BCUT2D eigenvalue weighted by Gasteiger charge is 2.31. The van der Waals surface area contributed by atoms with Gasteiger partial charge in [0.15, 0.2) is 0 Å². The van der Waals surface area contributed by atoms with Gasteiger partial charge in [-0.25, -0.2) is 0 Å². The van der Waals surface area contributed by atoms with Crippen LogP contribution in [0.5, 0.6) is 0 Å². The van der Waals surface area contributed by atoms with E-state index in [0.29, 0.717) is 28.9 Å². The van der Waals surface area contributed by atoms with Gasteiger partial charge in [-0.05, 0) is 42.0 Å². The number of hydrogen-bond acceptors (Lipinski definition) is 6. The average molecular weight is 530 g/mol. The van der Waals surface area contributed by atoms with Crippen LogP contribution in [0.4, 0.5) is 0 Å². The number of nitrogens with zero attached hydrogens (tertiary/aromatic N) is 4. The van der Waals surface area contributed by atoms with E-state index in [1.807, 2.05) is 49.4 Å². The highest BCUT2D eigenvalue weighted by Crippen LogP contribution is 2.28. The molecule has 9 heteroatoms. The molecule has 0 radical (unpaired) electrons. The molecule has 2 aromatic heterocycles. The normalized spacial score (nSPS) is 12.4. The molecule has 0 fully saturated rings. The third-order valence-electron chi connectivity index (χ3n) is 6.90. The average Bonchev–Trinajstić information content (AvgIpc) is 3.28. The van der Waals surface area contributed by atoms with Gasteiger partial charge in [-0.15, -0.1) is 0 Å². The summed E-state index contributed by atoms with van der Waals surface area (Å²) < 4.78 is 6.96. The molecular weight excluding hydrogens is 494 g/mol. The van der Waals surface area contributed by atoms with Gasteiger partial charge in [0.1, 0.15) is 11.2 Å². The van der Waals surface area contributed by atoms with Gasteiger partial charge in [-0.2, -0.15) is 4.98 Å². The maximum atomic E-state index is 13.9. The molecule has 2 N–H and O–H groups in total. The van der Waals surface area contributed by atoms with Gasteiger partial charge >= 0.3 is 0 Å². The van der Waals surface area contributed by atoms with Crippen molar-refractivity contribution in [2.75, 3.05) is 6.54 Å². The topological polar surface area (TPSA) is 124 Å². The smallest absolute Gasteiger partial charge is 0.267 e. The Labute approximate surface area is 227 Å². The number of benzene rings is 2. The molecule has 0 aliphatic rings. The van der Waals surface area contributed by atoms with Crippen LogP contribution in [-0.2, 0) is 16.8 Å². The van der Waals surface area contributed by atoms with E-state index in [4.69, 9.17) is 15.2 Å². The van der Waals surface area contributed by atoms with E-state index >= 15 is 0 Å². The first-order chi connectivity index (χ1) is 18.5. The first kappa shape index (κ1) is 27.8. The Morgan fingerprint density at radius 3 is 2.33 bits per heavy atom. The molecule has 39 heavy (non-hydrogen) atoms. The summed E-state index contributed by atoms with van der Waals surface area (Å²) in [6.07, 6.45) is 0.402. The van der Waals surface area contributed by atoms with Crippen molar-refractivity contribution in [2.24, 2.45) is 5.73 Å². The van der Waals surface area contributed by atoms with Crippen LogP contribution in [0, 0.1) is 6.92 Å². The fourth-order valence-electron chi connectivity index (χ4n) is 4.71. The molecule has 0 saturated heterocycles. The van der Waals surface area contributed by atoms with Gasteiger partial charge in [0.2, 0.25) is 5.91 Å². The minimum atomic E-state index is -0.634. The van der Waals surface area contributed by atoms with Gasteiger partial charge in [-0.3, -0.25) is 19.0 Å². The number of amides is 2. The van der Waals surface area contributed by atoms with Crippen LogP contribution in [0.1, 0.15) is 79.6 Å². The SMILES string of the molecule is CCC(c1nc2onc(C)c2c(=O)n1Cc1ccccc1)N(CCC(N)=O)C(=O)c1ccc(C(C)(C)C)cc1. The molecule has 1 unspecified atom stereocenters. The Morgan fingerprint density at radius 2 is 1.74 bits per heavy atom. The van der Waals surface area contributed by atoms with Crippen molar-refractivity contribution >= 4 is 22.9 Å². The Hall–Kier alpha value is -4.27. The highest BCUT2D eigenvalue weighted by molar-refractivity contribution is 5.94. The number of fused-ring (bicyclic) bond motifs is 1. The van der Waals surface area contributed by atoms with Crippen molar-refractivity contribution in [1.82, 2.24) is 19.6 Å². The molecule has 0 saturated carbocycles. The van der Waals surface area contributed by atoms with Crippen molar-refractivity contribution in [1.29, 1.82) is 0 Å². The fraction of sp³-hybridized carbons (Fsp3) is 0.367. The van der Waals surface area contributed by atoms with Crippen LogP contribution in [0.3, 0.4) is 0 Å². The maximum Gasteiger partial charge on any atom is 0.267 e. The molecule has 2 amide bonds. The first-order valence-corrected chi connectivity index (χ1v) is 13.1. The van der Waals surface area contributed by atoms with Crippen LogP contribution < -0.4 is 11.3 Å². The van der Waals surface area contributed by atoms with E-state index in [9.17, 15) is 14.4 Å². The molecule has 2 heterocycles. The Kier molecular flexibility index (Phi) is 7.99. The third kappa shape index (κ3) is 5.92. The van der Waals surface area contributed by atoms with E-state index in [1.165, 1.54) is 0 Å². The van der Waals surface area contributed by atoms with Crippen LogP contribution >= 0.6 is 0 Å². The second-order valence-electron chi connectivity index (χ2n) is 10.8. The summed E-state index contributed by atoms with van der Waals surface area (Å²) >= 11 is 0. The number of carbonyl (C=O) groups is 2. The second kappa shape index (κ2) is 11.2. The van der Waals surface area contributed by atoms with E-state index in [1.54, 1.807) is 28.5 Å². The number of hydrogen-bond donors (Lipinski definition) is 1. The molecule has 1 atom stereocenters. The lowest BCUT2D eigenvalue weighted by atomic mass is 9.86. The predicted octanol–water partition coefficient (Wildman–Crippen LogP) is 4.51. The van der Waals surface area contributed by atoms with E-state index in [-0.39, 0.29) is 42.1 Å². The maximum absolute atomic E-state index is 13.9. The number of aryl methyl sites for hydroxylation is 1. The molecule has 0 bridgehead atoms. The molecule has 2 aromatic carbocycles. The second-order valence-corrected chi connectivity index (χ2v) is 10.8. The molecule has 4 rings (SSSR count). The van der Waals surface area contributed by atoms with Gasteiger partial charge in [0.25, 0.3) is 17.2 Å². The molecule has 4 aromatic rings.